The molecule has 0 atom stereocenters. The Labute approximate surface area is 159 Å². The molecule has 0 saturated carbocycles. The molecule has 0 amide bonds. The van der Waals surface area contributed by atoms with Gasteiger partial charge in [0.25, 0.3) is 0 Å². The van der Waals surface area contributed by atoms with Crippen molar-refractivity contribution in [2.45, 2.75) is 6.42 Å². The smallest absolute Gasteiger partial charge is 0.337 e. The Hall–Kier alpha value is -1.33. The van der Waals surface area contributed by atoms with Crippen molar-refractivity contribution < 1.29 is 14.6 Å². The summed E-state index contributed by atoms with van der Waals surface area (Å²) in [6, 6.07) is 7.86. The van der Waals surface area contributed by atoms with Gasteiger partial charge in [-0.2, -0.15) is 0 Å². The third kappa shape index (κ3) is 5.08. The van der Waals surface area contributed by atoms with Crippen LogP contribution in [0.15, 0.2) is 30.3 Å². The molecule has 0 bridgehead atoms. The molecule has 8 heteroatoms. The van der Waals surface area contributed by atoms with Crippen LogP contribution in [0.5, 0.6) is 5.75 Å². The summed E-state index contributed by atoms with van der Waals surface area (Å²) in [5.74, 6) is -0.492. The number of benzene rings is 2. The molecule has 0 saturated heterocycles. The van der Waals surface area contributed by atoms with Crippen molar-refractivity contribution in [3.63, 3.8) is 0 Å². The predicted octanol–water partition coefficient (Wildman–Crippen LogP) is 5.88. The van der Waals surface area contributed by atoms with E-state index in [-0.39, 0.29) is 15.6 Å². The lowest BCUT2D eigenvalue weighted by Gasteiger charge is -2.12. The number of carboxylic acids is 1. The van der Waals surface area contributed by atoms with Gasteiger partial charge in [-0.15, -0.1) is 0 Å². The Morgan fingerprint density at radius 1 is 1.04 bits per heavy atom. The third-order valence-corrected chi connectivity index (χ3v) is 4.32. The van der Waals surface area contributed by atoms with Crippen molar-refractivity contribution >= 4 is 58.1 Å². The van der Waals surface area contributed by atoms with Gasteiger partial charge >= 0.3 is 5.97 Å². The molecule has 2 aromatic carbocycles. The monoisotopic (exact) mass is 407 g/mol. The van der Waals surface area contributed by atoms with E-state index in [0.717, 1.165) is 0 Å². The molecule has 0 aromatic heterocycles. The second kappa shape index (κ2) is 8.67. The lowest BCUT2D eigenvalue weighted by atomic mass is 10.1. The van der Waals surface area contributed by atoms with Crippen LogP contribution in [0.2, 0.25) is 20.1 Å². The van der Waals surface area contributed by atoms with Crippen LogP contribution >= 0.6 is 46.4 Å². The SMILES string of the molecule is O=C(O)c1cc(Cl)cc(Cl)c1NCCCOc1ccc(Cl)c(Cl)c1. The number of rotatable bonds is 7. The lowest BCUT2D eigenvalue weighted by Crippen LogP contribution is -2.11. The molecule has 0 aliphatic rings. The van der Waals surface area contributed by atoms with Gasteiger partial charge in [-0.3, -0.25) is 0 Å². The number of hydrogen-bond donors (Lipinski definition) is 2. The lowest BCUT2D eigenvalue weighted by molar-refractivity contribution is 0.0698. The summed E-state index contributed by atoms with van der Waals surface area (Å²) < 4.78 is 5.55. The van der Waals surface area contributed by atoms with E-state index in [1.54, 1.807) is 18.2 Å². The van der Waals surface area contributed by atoms with E-state index in [0.29, 0.717) is 41.1 Å². The van der Waals surface area contributed by atoms with Crippen molar-refractivity contribution in [3.8, 4) is 5.75 Å². The van der Waals surface area contributed by atoms with Gasteiger partial charge < -0.3 is 15.2 Å². The Balaban J connectivity index is 1.88. The minimum absolute atomic E-state index is 0.0258. The summed E-state index contributed by atoms with van der Waals surface area (Å²) in [6.45, 7) is 0.890. The van der Waals surface area contributed by atoms with Crippen LogP contribution in [0.25, 0.3) is 0 Å². The fourth-order valence-electron chi connectivity index (χ4n) is 1.96. The number of hydrogen-bond acceptors (Lipinski definition) is 3. The third-order valence-electron chi connectivity index (χ3n) is 3.07. The van der Waals surface area contributed by atoms with E-state index in [4.69, 9.17) is 51.1 Å². The number of halogens is 4. The first-order valence-corrected chi connectivity index (χ1v) is 8.43. The van der Waals surface area contributed by atoms with E-state index in [1.807, 2.05) is 0 Å². The van der Waals surface area contributed by atoms with Gasteiger partial charge in [0.2, 0.25) is 0 Å². The Morgan fingerprint density at radius 3 is 2.46 bits per heavy atom. The molecule has 0 aliphatic carbocycles. The molecular formula is C16H13Cl4NO3. The largest absolute Gasteiger partial charge is 0.493 e. The van der Waals surface area contributed by atoms with Crippen molar-refractivity contribution in [2.75, 3.05) is 18.5 Å². The summed E-state index contributed by atoms with van der Waals surface area (Å²) >= 11 is 23.6. The zero-order valence-electron chi connectivity index (χ0n) is 12.3. The van der Waals surface area contributed by atoms with Crippen molar-refractivity contribution in [1.29, 1.82) is 0 Å². The van der Waals surface area contributed by atoms with Crippen molar-refractivity contribution in [3.05, 3.63) is 56.0 Å². The molecule has 0 radical (unpaired) electrons. The first-order chi connectivity index (χ1) is 11.4. The van der Waals surface area contributed by atoms with Crippen LogP contribution in [-0.4, -0.2) is 24.2 Å². The van der Waals surface area contributed by atoms with Crippen LogP contribution in [0.1, 0.15) is 16.8 Å². The first kappa shape index (κ1) is 19.0. The maximum Gasteiger partial charge on any atom is 0.337 e. The number of ether oxygens (including phenoxy) is 1. The highest BCUT2D eigenvalue weighted by molar-refractivity contribution is 6.42. The van der Waals surface area contributed by atoms with Crippen molar-refractivity contribution in [2.24, 2.45) is 0 Å². The summed E-state index contributed by atoms with van der Waals surface area (Å²) in [5.41, 5.74) is 0.362. The quantitative estimate of drug-likeness (QED) is 0.561. The summed E-state index contributed by atoms with van der Waals surface area (Å²) in [6.07, 6.45) is 0.623. The standard InChI is InChI=1S/C16H13Cl4NO3/c17-9-6-11(16(22)23)15(14(20)7-9)21-4-1-5-24-10-2-3-12(18)13(19)8-10/h2-3,6-8,21H,1,4-5H2,(H,22,23). The van der Waals surface area contributed by atoms with Gasteiger partial charge in [-0.05, 0) is 30.7 Å². The van der Waals surface area contributed by atoms with E-state index in [2.05, 4.69) is 5.32 Å². The van der Waals surface area contributed by atoms with Crippen LogP contribution < -0.4 is 10.1 Å². The molecule has 0 heterocycles. The Morgan fingerprint density at radius 2 is 1.79 bits per heavy atom. The molecule has 0 fully saturated rings. The van der Waals surface area contributed by atoms with Gasteiger partial charge in [-0.1, -0.05) is 46.4 Å². The van der Waals surface area contributed by atoms with Gasteiger partial charge in [-0.25, -0.2) is 4.79 Å². The average Bonchev–Trinajstić information content (AvgIpc) is 2.51. The van der Waals surface area contributed by atoms with Crippen LogP contribution in [0.4, 0.5) is 5.69 Å². The molecule has 128 valence electrons. The number of anilines is 1. The second-order valence-electron chi connectivity index (χ2n) is 4.82. The molecular weight excluding hydrogens is 396 g/mol. The summed E-state index contributed by atoms with van der Waals surface area (Å²) in [5, 5.41) is 13.6. The fourth-order valence-corrected chi connectivity index (χ4v) is 2.81. The molecule has 2 N–H and O–H groups in total. The van der Waals surface area contributed by atoms with Gasteiger partial charge in [0.05, 0.1) is 32.9 Å². The minimum Gasteiger partial charge on any atom is -0.493 e. The van der Waals surface area contributed by atoms with Gasteiger partial charge in [0.1, 0.15) is 5.75 Å². The van der Waals surface area contributed by atoms with E-state index in [9.17, 15) is 9.90 Å². The molecule has 0 unspecified atom stereocenters. The molecule has 4 nitrogen and oxygen atoms in total. The molecule has 24 heavy (non-hydrogen) atoms. The highest BCUT2D eigenvalue weighted by Crippen LogP contribution is 2.30. The zero-order valence-corrected chi connectivity index (χ0v) is 15.3. The first-order valence-electron chi connectivity index (χ1n) is 6.92. The van der Waals surface area contributed by atoms with E-state index < -0.39 is 5.97 Å². The number of carbonyl (C=O) groups is 1. The number of nitrogens with one attached hydrogen (secondary N) is 1. The second-order valence-corrected chi connectivity index (χ2v) is 6.48. The summed E-state index contributed by atoms with van der Waals surface area (Å²) in [4.78, 5) is 11.3. The van der Waals surface area contributed by atoms with Crippen LogP contribution in [-0.2, 0) is 0 Å². The van der Waals surface area contributed by atoms with E-state index >= 15 is 0 Å². The molecule has 0 aliphatic heterocycles. The number of aromatic carboxylic acids is 1. The van der Waals surface area contributed by atoms with Gasteiger partial charge in [0.15, 0.2) is 0 Å². The maximum absolute atomic E-state index is 11.3. The van der Waals surface area contributed by atoms with Crippen molar-refractivity contribution in [1.82, 2.24) is 0 Å². The Kier molecular flexibility index (Phi) is 6.87. The highest BCUT2D eigenvalue weighted by atomic mass is 35.5. The number of carboxylic acid groups (broad SMARTS) is 1. The summed E-state index contributed by atoms with van der Waals surface area (Å²) in [7, 11) is 0. The highest BCUT2D eigenvalue weighted by Gasteiger charge is 2.14. The van der Waals surface area contributed by atoms with Crippen LogP contribution in [0.3, 0.4) is 0 Å². The average molecular weight is 409 g/mol. The van der Waals surface area contributed by atoms with Gasteiger partial charge in [0, 0.05) is 17.6 Å². The Bertz CT molecular complexity index is 752. The maximum atomic E-state index is 11.3. The molecule has 2 rings (SSSR count). The molecule has 2 aromatic rings. The normalized spacial score (nSPS) is 10.5. The molecule has 0 spiro atoms. The van der Waals surface area contributed by atoms with Crippen LogP contribution in [0, 0.1) is 0 Å². The topological polar surface area (TPSA) is 58.6 Å². The zero-order chi connectivity index (χ0) is 17.7. The minimum atomic E-state index is -1.10. The fraction of sp³-hybridized carbons (Fsp3) is 0.188. The van der Waals surface area contributed by atoms with E-state index in [1.165, 1.54) is 12.1 Å². The predicted molar refractivity (Wildman–Crippen MR) is 98.5 cm³/mol.